The summed E-state index contributed by atoms with van der Waals surface area (Å²) in [6, 6.07) is 23.8. The van der Waals surface area contributed by atoms with Gasteiger partial charge < -0.3 is 4.42 Å². The van der Waals surface area contributed by atoms with Crippen LogP contribution in [-0.4, -0.2) is 14.5 Å². The molecule has 0 N–H and O–H groups in total. The second kappa shape index (κ2) is 9.08. The fourth-order valence-electron chi connectivity index (χ4n) is 5.72. The Kier molecular flexibility index (Phi) is 5.91. The first-order chi connectivity index (χ1) is 18.6. The maximum atomic E-state index is 6.63. The normalized spacial score (nSPS) is 12.6. The molecular formula is C35H37N3O. The summed E-state index contributed by atoms with van der Waals surface area (Å²) in [5.41, 5.74) is 10.6. The monoisotopic (exact) mass is 515 g/mol. The number of rotatable bonds is 4. The van der Waals surface area contributed by atoms with Crippen LogP contribution in [0.4, 0.5) is 0 Å². The zero-order valence-corrected chi connectivity index (χ0v) is 24.3. The second-order valence-electron chi connectivity index (χ2n) is 12.4. The molecule has 3 aromatic carbocycles. The quantitative estimate of drug-likeness (QED) is 0.235. The summed E-state index contributed by atoms with van der Waals surface area (Å²) in [4.78, 5) is 10.2. The Morgan fingerprint density at radius 2 is 1.46 bits per heavy atom. The molecule has 0 atom stereocenters. The average molecular weight is 516 g/mol. The number of hydrogen-bond donors (Lipinski definition) is 0. The molecule has 0 saturated carbocycles. The van der Waals surface area contributed by atoms with E-state index in [1.54, 1.807) is 0 Å². The fourth-order valence-corrected chi connectivity index (χ4v) is 5.72. The molecular weight excluding hydrogens is 478 g/mol. The van der Waals surface area contributed by atoms with Crippen LogP contribution in [0.2, 0.25) is 0 Å². The van der Waals surface area contributed by atoms with Gasteiger partial charge in [0.05, 0.1) is 22.3 Å². The number of benzene rings is 3. The van der Waals surface area contributed by atoms with Crippen molar-refractivity contribution in [2.75, 3.05) is 0 Å². The number of aryl methyl sites for hydroxylation is 1. The van der Waals surface area contributed by atoms with Crippen LogP contribution in [0.1, 0.15) is 82.7 Å². The van der Waals surface area contributed by atoms with Crippen LogP contribution < -0.4 is 0 Å². The maximum Gasteiger partial charge on any atom is 0.227 e. The van der Waals surface area contributed by atoms with Crippen LogP contribution in [0, 0.1) is 6.92 Å². The Balaban J connectivity index is 1.74. The van der Waals surface area contributed by atoms with Crippen molar-refractivity contribution in [2.45, 2.75) is 72.6 Å². The van der Waals surface area contributed by atoms with Crippen LogP contribution in [0.25, 0.3) is 50.2 Å². The number of hydrogen-bond acceptors (Lipinski definition) is 3. The lowest BCUT2D eigenvalue weighted by molar-refractivity contribution is 0.562. The summed E-state index contributed by atoms with van der Waals surface area (Å²) in [7, 11) is 0. The van der Waals surface area contributed by atoms with Gasteiger partial charge in [0, 0.05) is 21.9 Å². The first kappa shape index (κ1) is 25.4. The van der Waals surface area contributed by atoms with Gasteiger partial charge in [-0.15, -0.1) is 0 Å². The van der Waals surface area contributed by atoms with Crippen LogP contribution in [0.3, 0.4) is 0 Å². The molecule has 6 aromatic rings. The average Bonchev–Trinajstić information content (AvgIpc) is 3.46. The van der Waals surface area contributed by atoms with Gasteiger partial charge in [0.2, 0.25) is 5.71 Å². The largest absolute Gasteiger partial charge is 0.437 e. The number of imidazole rings is 1. The lowest BCUT2D eigenvalue weighted by atomic mass is 9.91. The van der Waals surface area contributed by atoms with Crippen molar-refractivity contribution >= 4 is 33.1 Å². The maximum absolute atomic E-state index is 6.63. The van der Waals surface area contributed by atoms with Crippen LogP contribution in [0.5, 0.6) is 0 Å². The molecule has 6 rings (SSSR count). The summed E-state index contributed by atoms with van der Waals surface area (Å²) in [5.74, 6) is 1.61. The van der Waals surface area contributed by atoms with Gasteiger partial charge in [-0.1, -0.05) is 84.9 Å². The first-order valence-electron chi connectivity index (χ1n) is 14.0. The summed E-state index contributed by atoms with van der Waals surface area (Å²) in [5, 5.41) is 2.15. The predicted molar refractivity (Wildman–Crippen MR) is 163 cm³/mol. The van der Waals surface area contributed by atoms with Crippen LogP contribution >= 0.6 is 0 Å². The van der Waals surface area contributed by atoms with E-state index >= 15 is 0 Å². The number of pyridine rings is 1. The summed E-state index contributed by atoms with van der Waals surface area (Å²) < 4.78 is 9.00. The van der Waals surface area contributed by atoms with Crippen molar-refractivity contribution in [1.29, 1.82) is 0 Å². The Bertz CT molecular complexity index is 1830. The second-order valence-corrected chi connectivity index (χ2v) is 12.4. The molecule has 4 heteroatoms. The highest BCUT2D eigenvalue weighted by atomic mass is 16.3. The van der Waals surface area contributed by atoms with E-state index in [1.165, 1.54) is 22.4 Å². The minimum absolute atomic E-state index is 0.0627. The fraction of sp³-hybridized carbons (Fsp3) is 0.314. The van der Waals surface area contributed by atoms with Crippen molar-refractivity contribution in [3.05, 3.63) is 89.1 Å². The highest BCUT2D eigenvalue weighted by Gasteiger charge is 2.25. The van der Waals surface area contributed by atoms with Crippen molar-refractivity contribution in [2.24, 2.45) is 0 Å². The molecule has 0 aliphatic carbocycles. The molecule has 0 saturated heterocycles. The van der Waals surface area contributed by atoms with Crippen molar-refractivity contribution < 1.29 is 4.42 Å². The number of aromatic nitrogens is 3. The Hall–Kier alpha value is -3.92. The lowest BCUT2D eigenvalue weighted by Gasteiger charge is -2.22. The zero-order valence-electron chi connectivity index (χ0n) is 24.3. The molecule has 39 heavy (non-hydrogen) atoms. The minimum atomic E-state index is -0.0627. The Morgan fingerprint density at radius 1 is 0.769 bits per heavy atom. The van der Waals surface area contributed by atoms with Crippen molar-refractivity contribution in [3.8, 4) is 17.1 Å². The van der Waals surface area contributed by atoms with E-state index in [0.29, 0.717) is 17.5 Å². The van der Waals surface area contributed by atoms with Gasteiger partial charge in [0.25, 0.3) is 0 Å². The van der Waals surface area contributed by atoms with E-state index in [0.717, 1.165) is 44.5 Å². The topological polar surface area (TPSA) is 43.9 Å². The van der Waals surface area contributed by atoms with Gasteiger partial charge in [-0.2, -0.15) is 0 Å². The van der Waals surface area contributed by atoms with Crippen molar-refractivity contribution in [3.63, 3.8) is 0 Å². The Labute approximate surface area is 230 Å². The van der Waals surface area contributed by atoms with Crippen molar-refractivity contribution in [1.82, 2.24) is 14.5 Å². The molecule has 0 radical (unpaired) electrons. The molecule has 0 spiro atoms. The van der Waals surface area contributed by atoms with E-state index in [1.807, 2.05) is 0 Å². The van der Waals surface area contributed by atoms with Gasteiger partial charge in [-0.3, -0.25) is 4.57 Å². The highest BCUT2D eigenvalue weighted by Crippen LogP contribution is 2.42. The van der Waals surface area contributed by atoms with Crippen LogP contribution in [-0.2, 0) is 5.41 Å². The molecule has 0 aliphatic heterocycles. The molecule has 0 aliphatic rings. The van der Waals surface area contributed by atoms with Crippen LogP contribution in [0.15, 0.2) is 71.1 Å². The van der Waals surface area contributed by atoms with E-state index in [9.17, 15) is 0 Å². The van der Waals surface area contributed by atoms with Gasteiger partial charge in [-0.25, -0.2) is 9.97 Å². The number of fused-ring (bicyclic) bond motifs is 4. The first-order valence-corrected chi connectivity index (χ1v) is 14.0. The predicted octanol–water partition coefficient (Wildman–Crippen LogP) is 9.84. The third-order valence-corrected chi connectivity index (χ3v) is 7.83. The smallest absolute Gasteiger partial charge is 0.227 e. The van der Waals surface area contributed by atoms with E-state index in [4.69, 9.17) is 14.4 Å². The Morgan fingerprint density at radius 3 is 2.13 bits per heavy atom. The highest BCUT2D eigenvalue weighted by molar-refractivity contribution is 6.10. The van der Waals surface area contributed by atoms with Gasteiger partial charge in [0.15, 0.2) is 0 Å². The number of para-hydroxylation sites is 3. The molecule has 0 fully saturated rings. The SMILES string of the molecule is Cc1ccc(-c2nc3ccccc3n2-c2c(C(C)C)cccc2C(C)C)c2oc3nc(C(C)(C)C)ccc3c12. The minimum Gasteiger partial charge on any atom is -0.437 e. The third kappa shape index (κ3) is 4.05. The van der Waals surface area contributed by atoms with Gasteiger partial charge >= 0.3 is 0 Å². The molecule has 3 heterocycles. The molecule has 0 amide bonds. The summed E-state index contributed by atoms with van der Waals surface area (Å²) in [6.45, 7) is 17.8. The standard InChI is InChI=1S/C35H37N3O/c1-20(2)23-12-11-13-24(21(3)4)31(23)38-28-15-10-9-14-27(28)36-33(38)26-17-16-22(5)30-25-18-19-29(35(6,7)8)37-34(25)39-32(26)30/h9-21H,1-8H3. The molecule has 198 valence electrons. The van der Waals surface area contributed by atoms with Gasteiger partial charge in [-0.05, 0) is 65.8 Å². The van der Waals surface area contributed by atoms with E-state index < -0.39 is 0 Å². The summed E-state index contributed by atoms with van der Waals surface area (Å²) in [6.07, 6.45) is 0. The number of nitrogens with zero attached hydrogens (tertiary/aromatic N) is 3. The molecule has 4 nitrogen and oxygen atoms in total. The zero-order chi connectivity index (χ0) is 27.6. The summed E-state index contributed by atoms with van der Waals surface area (Å²) >= 11 is 0. The van der Waals surface area contributed by atoms with E-state index in [-0.39, 0.29) is 5.41 Å². The molecule has 3 aromatic heterocycles. The number of furan rings is 1. The van der Waals surface area contributed by atoms with E-state index in [2.05, 4.69) is 127 Å². The molecule has 0 unspecified atom stereocenters. The van der Waals surface area contributed by atoms with Gasteiger partial charge in [0.1, 0.15) is 11.4 Å². The third-order valence-electron chi connectivity index (χ3n) is 7.83. The molecule has 0 bridgehead atoms. The lowest BCUT2D eigenvalue weighted by Crippen LogP contribution is -2.12.